The highest BCUT2D eigenvalue weighted by Gasteiger charge is 2.31. The van der Waals surface area contributed by atoms with Crippen LogP contribution in [0.3, 0.4) is 0 Å². The van der Waals surface area contributed by atoms with Gasteiger partial charge in [0.1, 0.15) is 17.7 Å². The molecule has 0 unspecified atom stereocenters. The van der Waals surface area contributed by atoms with Crippen molar-refractivity contribution in [1.29, 1.82) is 0 Å². The Morgan fingerprint density at radius 3 is 0.955 bits per heavy atom. The SMILES string of the molecule is [CH2]c1ccc(NC(=O)[C@H](CCCNC(N)=O)NC(=O)[C@@H](NC(=O)OC(C)(C)C)C(C)C)cc1CN(C)C(=O)CCOCCOCCOCCOCCOCCOCCOCCOCCOCCOCCOCCOCCOCCOCCOCCOCCOCCOCCOCCOCCOCCOCCOCCOC. The molecule has 2 atom stereocenters. The van der Waals surface area contributed by atoms with Crippen molar-refractivity contribution in [2.75, 3.05) is 337 Å². The van der Waals surface area contributed by atoms with Crippen LogP contribution in [0, 0.1) is 12.8 Å². The lowest BCUT2D eigenvalue weighted by atomic mass is 10.0. The number of urea groups is 1. The van der Waals surface area contributed by atoms with Crippen LogP contribution in [0.25, 0.3) is 0 Å². The van der Waals surface area contributed by atoms with E-state index in [1.807, 2.05) is 0 Å². The maximum Gasteiger partial charge on any atom is 0.408 e. The number of benzene rings is 1. The summed E-state index contributed by atoms with van der Waals surface area (Å²) in [5.74, 6) is -1.63. The fourth-order valence-electron chi connectivity index (χ4n) is 8.87. The first-order valence-electron chi connectivity index (χ1n) is 38.6. The summed E-state index contributed by atoms with van der Waals surface area (Å²) in [5.41, 5.74) is 6.16. The van der Waals surface area contributed by atoms with E-state index >= 15 is 0 Å². The number of anilines is 1. The molecular formula is C75H139N6O30. The van der Waals surface area contributed by atoms with Gasteiger partial charge in [-0.25, -0.2) is 9.59 Å². The van der Waals surface area contributed by atoms with Crippen molar-refractivity contribution in [3.8, 4) is 0 Å². The van der Waals surface area contributed by atoms with E-state index in [4.69, 9.17) is 124 Å². The summed E-state index contributed by atoms with van der Waals surface area (Å²) >= 11 is 0. The number of nitrogens with one attached hydrogen (secondary N) is 4. The van der Waals surface area contributed by atoms with E-state index in [9.17, 15) is 24.0 Å². The maximum absolute atomic E-state index is 13.7. The van der Waals surface area contributed by atoms with Gasteiger partial charge in [-0.3, -0.25) is 14.4 Å². The van der Waals surface area contributed by atoms with E-state index < -0.39 is 41.6 Å². The van der Waals surface area contributed by atoms with Gasteiger partial charge in [0.05, 0.1) is 317 Å². The molecule has 0 spiro atoms. The second kappa shape index (κ2) is 77.8. The summed E-state index contributed by atoms with van der Waals surface area (Å²) in [5, 5.41) is 10.7. The van der Waals surface area contributed by atoms with Crippen molar-refractivity contribution >= 4 is 35.5 Å². The van der Waals surface area contributed by atoms with Gasteiger partial charge in [-0.2, -0.15) is 0 Å². The highest BCUT2D eigenvalue weighted by atomic mass is 16.6. The Bertz CT molecular complexity index is 2310. The number of methoxy groups -OCH3 is 1. The first-order chi connectivity index (χ1) is 54.0. The average molecular weight is 1600 g/mol. The Morgan fingerprint density at radius 2 is 0.694 bits per heavy atom. The van der Waals surface area contributed by atoms with E-state index in [1.165, 1.54) is 0 Å². The first-order valence-corrected chi connectivity index (χ1v) is 38.6. The van der Waals surface area contributed by atoms with Crippen molar-refractivity contribution in [2.45, 2.75) is 78.1 Å². The Labute approximate surface area is 659 Å². The number of carbonyl (C=O) groups is 5. The van der Waals surface area contributed by atoms with Gasteiger partial charge in [0.2, 0.25) is 17.7 Å². The third kappa shape index (κ3) is 71.5. The summed E-state index contributed by atoms with van der Waals surface area (Å²) in [6.07, 6.45) is -0.197. The van der Waals surface area contributed by atoms with Gasteiger partial charge in [0.15, 0.2) is 0 Å². The number of rotatable bonds is 84. The molecule has 1 aromatic rings. The summed E-state index contributed by atoms with van der Waals surface area (Å²) in [6, 6.07) is 2.30. The number of ether oxygens (including phenoxy) is 25. The highest BCUT2D eigenvalue weighted by Crippen LogP contribution is 2.19. The molecule has 0 heterocycles. The second-order valence-corrected chi connectivity index (χ2v) is 25.4. The van der Waals surface area contributed by atoms with Gasteiger partial charge in [-0.1, -0.05) is 19.9 Å². The number of amides is 6. The van der Waals surface area contributed by atoms with E-state index in [2.05, 4.69) is 28.2 Å². The van der Waals surface area contributed by atoms with Gasteiger partial charge >= 0.3 is 12.1 Å². The molecule has 0 bridgehead atoms. The van der Waals surface area contributed by atoms with Gasteiger partial charge in [-0.05, 0) is 69.7 Å². The topological polar surface area (TPSA) is 393 Å². The predicted molar refractivity (Wildman–Crippen MR) is 408 cm³/mol. The maximum atomic E-state index is 13.7. The molecule has 6 N–H and O–H groups in total. The van der Waals surface area contributed by atoms with Crippen LogP contribution < -0.4 is 27.0 Å². The van der Waals surface area contributed by atoms with E-state index in [0.717, 1.165) is 0 Å². The zero-order valence-electron chi connectivity index (χ0n) is 67.7. The van der Waals surface area contributed by atoms with E-state index in [0.29, 0.717) is 327 Å². The average Bonchev–Trinajstić information content (AvgIpc) is 0.853. The van der Waals surface area contributed by atoms with E-state index in [-0.39, 0.29) is 44.4 Å². The van der Waals surface area contributed by atoms with Crippen molar-refractivity contribution < 1.29 is 142 Å². The van der Waals surface area contributed by atoms with Crippen LogP contribution in [0.1, 0.15) is 65.0 Å². The molecule has 36 nitrogen and oxygen atoms in total. The normalized spacial score (nSPS) is 12.2. The van der Waals surface area contributed by atoms with Crippen molar-refractivity contribution in [1.82, 2.24) is 20.9 Å². The summed E-state index contributed by atoms with van der Waals surface area (Å²) in [7, 11) is 3.30. The number of carbonyl (C=O) groups excluding carboxylic acids is 5. The lowest BCUT2D eigenvalue weighted by Crippen LogP contribution is -2.55. The Hall–Kier alpha value is -4.79. The van der Waals surface area contributed by atoms with Crippen LogP contribution in [-0.2, 0) is 139 Å². The number of nitrogens with zero attached hydrogens (tertiary/aromatic N) is 1. The molecule has 111 heavy (non-hydrogen) atoms. The summed E-state index contributed by atoms with van der Waals surface area (Å²) < 4.78 is 137. The number of hydrogen-bond acceptors (Lipinski definition) is 30. The van der Waals surface area contributed by atoms with Crippen molar-refractivity contribution in [3.63, 3.8) is 0 Å². The molecule has 36 heteroatoms. The fraction of sp³-hybridized carbons (Fsp3) is 0.840. The molecular weight excluding hydrogens is 1460 g/mol. The second-order valence-electron chi connectivity index (χ2n) is 25.4. The Kier molecular flexibility index (Phi) is 73.0. The lowest BCUT2D eigenvalue weighted by Gasteiger charge is -2.27. The molecule has 0 saturated heterocycles. The molecule has 1 rings (SSSR count). The minimum Gasteiger partial charge on any atom is -0.444 e. The van der Waals surface area contributed by atoms with Crippen LogP contribution in [0.5, 0.6) is 0 Å². The zero-order valence-corrected chi connectivity index (χ0v) is 67.7. The molecule has 0 aliphatic carbocycles. The predicted octanol–water partition coefficient (Wildman–Crippen LogP) is 2.67. The monoisotopic (exact) mass is 1600 g/mol. The molecule has 649 valence electrons. The molecule has 0 saturated carbocycles. The molecule has 0 aliphatic heterocycles. The largest absolute Gasteiger partial charge is 0.444 e. The van der Waals surface area contributed by atoms with Crippen LogP contribution in [0.15, 0.2) is 18.2 Å². The van der Waals surface area contributed by atoms with Crippen LogP contribution >= 0.6 is 0 Å². The molecule has 0 fully saturated rings. The van der Waals surface area contributed by atoms with Gasteiger partial charge in [0.25, 0.3) is 0 Å². The van der Waals surface area contributed by atoms with Gasteiger partial charge in [-0.15, -0.1) is 0 Å². The fourth-order valence-corrected chi connectivity index (χ4v) is 8.87. The standard InChI is InChI=1S/C75H139N6O30/c1-64(2)70(80-74(86)111-75(4,5)6)72(84)79-68(10-9-14-77-73(76)85)71(83)78-67-12-11-65(3)66(62-67)63-81(7)69(82)13-15-88-18-19-90-22-23-92-26-27-94-30-31-96-34-35-98-38-39-100-42-43-102-46-47-104-50-51-106-54-55-108-58-59-110-61-60-109-57-56-107-53-52-105-49-48-103-45-44-101-41-40-99-37-36-97-33-32-95-29-28-93-25-24-91-21-20-89-17-16-87-8/h11-12,62,64,68,70H,3,9-10,13-61,63H2,1-2,4-8H3,(H,78,83)(H,79,84)(H,80,86)(H3,76,77,85)/t68-,70-/m0/s1. The van der Waals surface area contributed by atoms with Gasteiger partial charge < -0.3 is 150 Å². The number of hydrogen-bond donors (Lipinski definition) is 5. The minimum atomic E-state index is -1.05. The highest BCUT2D eigenvalue weighted by molar-refractivity contribution is 5.98. The third-order valence-corrected chi connectivity index (χ3v) is 14.6. The van der Waals surface area contributed by atoms with Crippen molar-refractivity contribution in [3.05, 3.63) is 36.2 Å². The number of nitrogens with two attached hydrogens (primary N) is 1. The number of alkyl carbamates (subject to hydrolysis) is 1. The Balaban J connectivity index is 1.83. The zero-order chi connectivity index (χ0) is 80.8. The van der Waals surface area contributed by atoms with Crippen LogP contribution in [0.2, 0.25) is 0 Å². The first kappa shape index (κ1) is 104. The number of primary amides is 1. The molecule has 1 aromatic carbocycles. The molecule has 0 aromatic heterocycles. The van der Waals surface area contributed by atoms with E-state index in [1.54, 1.807) is 71.9 Å². The molecule has 1 radical (unpaired) electrons. The lowest BCUT2D eigenvalue weighted by molar-refractivity contribution is -0.131. The minimum absolute atomic E-state index is 0.135. The summed E-state index contributed by atoms with van der Waals surface area (Å²) in [4.78, 5) is 65.5. The third-order valence-electron chi connectivity index (χ3n) is 14.6. The Morgan fingerprint density at radius 1 is 0.414 bits per heavy atom. The summed E-state index contributed by atoms with van der Waals surface area (Å²) in [6.45, 7) is 34.7. The smallest absolute Gasteiger partial charge is 0.408 e. The molecule has 0 aliphatic rings. The van der Waals surface area contributed by atoms with Crippen LogP contribution in [-0.4, -0.2) is 384 Å². The quantitative estimate of drug-likeness (QED) is 0.0585. The van der Waals surface area contributed by atoms with Crippen molar-refractivity contribution in [2.24, 2.45) is 11.7 Å². The van der Waals surface area contributed by atoms with Crippen LogP contribution in [0.4, 0.5) is 15.3 Å². The van der Waals surface area contributed by atoms with Gasteiger partial charge in [0, 0.05) is 32.9 Å². The molecule has 6 amide bonds.